The van der Waals surface area contributed by atoms with Crippen molar-refractivity contribution >= 4 is 82.7 Å². The number of halogens is 1. The monoisotopic (exact) mass is 234 g/mol. The van der Waals surface area contributed by atoms with Gasteiger partial charge in [0.1, 0.15) is 37.1 Å². The smallest absolute Gasteiger partial charge is 0.175 e. The molecule has 1 nitrogen and oxygen atoms in total. The second-order valence-electron chi connectivity index (χ2n) is 2.71. The Kier molecular flexibility index (Phi) is 3.41. The molecule has 0 amide bonds. The molecule has 0 spiro atoms. The Labute approximate surface area is 97.6 Å². The van der Waals surface area contributed by atoms with Gasteiger partial charge in [-0.2, -0.15) is 0 Å². The maximum absolute atomic E-state index is 11.0. The van der Waals surface area contributed by atoms with E-state index in [9.17, 15) is 4.79 Å². The van der Waals surface area contributed by atoms with E-state index in [4.69, 9.17) is 39.2 Å². The highest BCUT2D eigenvalue weighted by atomic mass is 79.9. The first-order valence-electron chi connectivity index (χ1n) is 3.59. The van der Waals surface area contributed by atoms with Crippen LogP contribution in [0, 0.1) is 0 Å². The summed E-state index contributed by atoms with van der Waals surface area (Å²) in [7, 11) is 27.3. The molecular weight excluding hydrogens is 234 g/mol. The van der Waals surface area contributed by atoms with Crippen LogP contribution in [0.3, 0.4) is 0 Å². The third kappa shape index (κ3) is 1.74. The summed E-state index contributed by atoms with van der Waals surface area (Å²) in [6, 6.07) is 0. The fourth-order valence-corrected chi connectivity index (χ4v) is 1.66. The molecule has 0 heterocycles. The van der Waals surface area contributed by atoms with Gasteiger partial charge in [0.15, 0.2) is 7.85 Å². The second-order valence-corrected chi connectivity index (χ2v) is 3.50. The fourth-order valence-electron chi connectivity index (χ4n) is 1.04. The van der Waals surface area contributed by atoms with E-state index in [1.807, 2.05) is 0 Å². The minimum absolute atomic E-state index is 0.0380. The highest BCUT2D eigenvalue weighted by Gasteiger charge is 2.13. The van der Waals surface area contributed by atoms with Crippen molar-refractivity contribution < 1.29 is 4.79 Å². The van der Waals surface area contributed by atoms with E-state index >= 15 is 0 Å². The van der Waals surface area contributed by atoms with E-state index in [2.05, 4.69) is 15.9 Å². The lowest BCUT2D eigenvalue weighted by molar-refractivity contribution is 0.108. The Balaban J connectivity index is 3.68. The van der Waals surface area contributed by atoms with Crippen LogP contribution in [0.25, 0.3) is 0 Å². The summed E-state index contributed by atoms with van der Waals surface area (Å²) in [4.78, 5) is 11.0. The van der Waals surface area contributed by atoms with Gasteiger partial charge in [-0.1, -0.05) is 26.9 Å². The average molecular weight is 234 g/mol. The zero-order valence-corrected chi connectivity index (χ0v) is 8.76. The van der Waals surface area contributed by atoms with Gasteiger partial charge in [0, 0.05) is 10.0 Å². The topological polar surface area (TPSA) is 17.1 Å². The minimum Gasteiger partial charge on any atom is -0.307 e. The third-order valence-electron chi connectivity index (χ3n) is 1.84. The van der Waals surface area contributed by atoms with Crippen molar-refractivity contribution in [3.8, 4) is 0 Å². The first-order chi connectivity index (χ1) is 6.37. The normalized spacial score (nSPS) is 10.1. The average Bonchev–Trinajstić information content (AvgIpc) is 2.11. The van der Waals surface area contributed by atoms with Crippen LogP contribution < -0.4 is 21.9 Å². The maximum atomic E-state index is 11.0. The Bertz CT molecular complexity index is 388. The molecule has 0 aliphatic heterocycles. The molecule has 14 heavy (non-hydrogen) atoms. The van der Waals surface area contributed by atoms with Crippen molar-refractivity contribution in [2.45, 2.75) is 0 Å². The zero-order valence-electron chi connectivity index (χ0n) is 7.17. The van der Waals surface area contributed by atoms with Crippen LogP contribution >= 0.6 is 15.9 Å². The Hall–Kier alpha value is -0.305. The summed E-state index contributed by atoms with van der Waals surface area (Å²) < 4.78 is 0.272. The number of carbonyl (C=O) groups is 1. The molecule has 7 heteroatoms. The second kappa shape index (κ2) is 4.05. The van der Waals surface area contributed by atoms with E-state index in [1.165, 1.54) is 0 Å². The number of rotatable bonds is 1. The van der Waals surface area contributed by atoms with Crippen molar-refractivity contribution in [1.29, 1.82) is 0 Å². The Morgan fingerprint density at radius 2 is 1.36 bits per heavy atom. The molecule has 0 bridgehead atoms. The molecule has 0 unspecified atom stereocenters. The predicted octanol–water partition coefficient (Wildman–Crippen LogP) is -3.07. The van der Waals surface area contributed by atoms with Gasteiger partial charge >= 0.3 is 0 Å². The van der Waals surface area contributed by atoms with Gasteiger partial charge in [-0.05, 0) is 0 Å². The quantitative estimate of drug-likeness (QED) is 0.471. The van der Waals surface area contributed by atoms with E-state index in [1.54, 1.807) is 0 Å². The lowest BCUT2D eigenvalue weighted by atomic mass is 9.64. The molecule has 0 N–H and O–H groups in total. The fraction of sp³-hybridized carbons (Fsp3) is 0. The van der Waals surface area contributed by atoms with Crippen LogP contribution in [0.2, 0.25) is 0 Å². The molecular formula is C7B5BrO. The molecule has 1 rings (SSSR count). The summed E-state index contributed by atoms with van der Waals surface area (Å²) in [5.74, 6) is 0. The first kappa shape index (κ1) is 11.8. The standard InChI is InChI=1S/C7B5BrO/c8-2-1(7(12)14)6(13)5(11)4(10)3(2)9. The third-order valence-corrected chi connectivity index (χ3v) is 2.67. The van der Waals surface area contributed by atoms with Gasteiger partial charge in [-0.25, -0.2) is 0 Å². The van der Waals surface area contributed by atoms with E-state index in [-0.39, 0.29) is 31.9 Å². The lowest BCUT2D eigenvalue weighted by Crippen LogP contribution is -2.50. The number of carbonyl (C=O) groups excluding carboxylic acids is 1. The molecule has 0 saturated heterocycles. The van der Waals surface area contributed by atoms with Gasteiger partial charge in [-0.3, -0.25) is 0 Å². The molecule has 0 atom stereocenters. The first-order valence-corrected chi connectivity index (χ1v) is 4.38. The molecule has 0 aliphatic rings. The largest absolute Gasteiger partial charge is 0.307 e. The predicted molar refractivity (Wildman–Crippen MR) is 65.8 cm³/mol. The summed E-state index contributed by atoms with van der Waals surface area (Å²) in [6.45, 7) is 0. The molecule has 0 saturated carbocycles. The van der Waals surface area contributed by atoms with Gasteiger partial charge in [0.05, 0.1) is 0 Å². The zero-order chi connectivity index (χ0) is 11.0. The van der Waals surface area contributed by atoms with E-state index in [0.717, 1.165) is 0 Å². The summed E-state index contributed by atoms with van der Waals surface area (Å²) in [5.41, 5.74) is -0.262. The molecule has 0 fully saturated rings. The Morgan fingerprint density at radius 1 is 0.929 bits per heavy atom. The molecule has 10 radical (unpaired) electrons. The van der Waals surface area contributed by atoms with Gasteiger partial charge < -0.3 is 4.79 Å². The number of hydrogen-bond donors (Lipinski definition) is 0. The summed E-state index contributed by atoms with van der Waals surface area (Å²) in [5, 5.41) is 0. The van der Waals surface area contributed by atoms with Crippen LogP contribution in [-0.4, -0.2) is 44.9 Å². The SMILES string of the molecule is [B]C(=O)c1c([B])c([B])c([B])c([B])c1Br. The molecule has 1 aromatic carbocycles. The molecule has 56 valence electrons. The van der Waals surface area contributed by atoms with E-state index in [0.29, 0.717) is 0 Å². The van der Waals surface area contributed by atoms with Crippen molar-refractivity contribution in [3.63, 3.8) is 0 Å². The highest BCUT2D eigenvalue weighted by molar-refractivity contribution is 9.10. The summed E-state index contributed by atoms with van der Waals surface area (Å²) in [6.07, 6.45) is 0. The summed E-state index contributed by atoms with van der Waals surface area (Å²) >= 11 is 3.08. The van der Waals surface area contributed by atoms with Crippen molar-refractivity contribution in [2.24, 2.45) is 0 Å². The molecule has 0 aliphatic carbocycles. The van der Waals surface area contributed by atoms with Crippen LogP contribution in [0.1, 0.15) is 10.4 Å². The number of hydrogen-bond acceptors (Lipinski definition) is 1. The van der Waals surface area contributed by atoms with Crippen LogP contribution in [0.5, 0.6) is 0 Å². The molecule has 1 aromatic rings. The van der Waals surface area contributed by atoms with Gasteiger partial charge in [0.2, 0.25) is 0 Å². The Morgan fingerprint density at radius 3 is 1.79 bits per heavy atom. The van der Waals surface area contributed by atoms with Gasteiger partial charge in [0.25, 0.3) is 0 Å². The minimum atomic E-state index is -0.715. The van der Waals surface area contributed by atoms with Crippen LogP contribution in [0.4, 0.5) is 0 Å². The van der Waals surface area contributed by atoms with Crippen molar-refractivity contribution in [2.75, 3.05) is 0 Å². The van der Waals surface area contributed by atoms with Crippen LogP contribution in [-0.2, 0) is 0 Å². The van der Waals surface area contributed by atoms with Crippen molar-refractivity contribution in [1.82, 2.24) is 0 Å². The lowest BCUT2D eigenvalue weighted by Gasteiger charge is -2.17. The van der Waals surface area contributed by atoms with Crippen LogP contribution in [0.15, 0.2) is 4.47 Å². The van der Waals surface area contributed by atoms with Crippen molar-refractivity contribution in [3.05, 3.63) is 10.0 Å². The highest BCUT2D eigenvalue weighted by Crippen LogP contribution is 2.08. The number of benzene rings is 1. The van der Waals surface area contributed by atoms with Gasteiger partial charge in [-0.15, -0.1) is 10.9 Å². The molecule has 0 aromatic heterocycles. The van der Waals surface area contributed by atoms with E-state index < -0.39 is 5.68 Å². The maximum Gasteiger partial charge on any atom is 0.175 e.